The molecule has 0 aliphatic rings. The molecule has 0 aliphatic carbocycles. The number of hydrogen-bond acceptors (Lipinski definition) is 3. The number of benzene rings is 1. The van der Waals surface area contributed by atoms with Crippen LogP contribution in [0.25, 0.3) is 0 Å². The van der Waals surface area contributed by atoms with Gasteiger partial charge in [-0.05, 0) is 42.8 Å². The largest absolute Gasteiger partial charge is 0.354 e. The minimum atomic E-state index is 0.705. The van der Waals surface area contributed by atoms with Crippen LogP contribution in [0.4, 0.5) is 11.4 Å². The van der Waals surface area contributed by atoms with Gasteiger partial charge in [0.1, 0.15) is 0 Å². The maximum Gasteiger partial charge on any atom is 0.0994 e. The van der Waals surface area contributed by atoms with Gasteiger partial charge in [-0.25, -0.2) is 0 Å². The maximum atomic E-state index is 8.82. The van der Waals surface area contributed by atoms with Crippen LogP contribution in [0.5, 0.6) is 0 Å². The third-order valence-corrected chi connectivity index (χ3v) is 2.30. The summed E-state index contributed by atoms with van der Waals surface area (Å²) in [4.78, 5) is 4.02. The zero-order chi connectivity index (χ0) is 11.4. The standard InChI is InChI=1S/C13H11N3/c1-10-7-12(5-4-11(10)8-14)16-13-3-2-6-15-9-13/h2-7,9,16H,1H3. The molecule has 1 aromatic carbocycles. The monoisotopic (exact) mass is 209 g/mol. The number of aryl methyl sites for hydroxylation is 1. The molecule has 1 aromatic heterocycles. The van der Waals surface area contributed by atoms with Gasteiger partial charge < -0.3 is 5.32 Å². The van der Waals surface area contributed by atoms with Gasteiger partial charge in [0.05, 0.1) is 23.5 Å². The fourth-order valence-corrected chi connectivity index (χ4v) is 1.47. The van der Waals surface area contributed by atoms with E-state index in [9.17, 15) is 0 Å². The lowest BCUT2D eigenvalue weighted by molar-refractivity contribution is 1.32. The Bertz CT molecular complexity index is 527. The Labute approximate surface area is 94.4 Å². The predicted octanol–water partition coefficient (Wildman–Crippen LogP) is 3.01. The molecule has 0 fully saturated rings. The number of nitrogens with zero attached hydrogens (tertiary/aromatic N) is 2. The van der Waals surface area contributed by atoms with Gasteiger partial charge in [-0.1, -0.05) is 0 Å². The first-order valence-electron chi connectivity index (χ1n) is 4.97. The number of aromatic nitrogens is 1. The highest BCUT2D eigenvalue weighted by atomic mass is 14.9. The maximum absolute atomic E-state index is 8.82. The summed E-state index contributed by atoms with van der Waals surface area (Å²) < 4.78 is 0. The summed E-state index contributed by atoms with van der Waals surface area (Å²) >= 11 is 0. The quantitative estimate of drug-likeness (QED) is 0.827. The third kappa shape index (κ3) is 2.18. The number of nitrogens with one attached hydrogen (secondary N) is 1. The smallest absolute Gasteiger partial charge is 0.0994 e. The van der Waals surface area contributed by atoms with E-state index in [1.165, 1.54) is 0 Å². The van der Waals surface area contributed by atoms with Crippen molar-refractivity contribution in [3.63, 3.8) is 0 Å². The fraction of sp³-hybridized carbons (Fsp3) is 0.0769. The highest BCUT2D eigenvalue weighted by molar-refractivity contribution is 5.61. The van der Waals surface area contributed by atoms with Crippen molar-refractivity contribution in [2.45, 2.75) is 6.92 Å². The molecule has 0 bridgehead atoms. The number of anilines is 2. The number of rotatable bonds is 2. The fourth-order valence-electron chi connectivity index (χ4n) is 1.47. The minimum Gasteiger partial charge on any atom is -0.354 e. The van der Waals surface area contributed by atoms with Gasteiger partial charge in [-0.2, -0.15) is 5.26 Å². The summed E-state index contributed by atoms with van der Waals surface area (Å²) in [5.74, 6) is 0. The molecular weight excluding hydrogens is 198 g/mol. The number of nitriles is 1. The van der Waals surface area contributed by atoms with E-state index in [-0.39, 0.29) is 0 Å². The van der Waals surface area contributed by atoms with Gasteiger partial charge in [-0.15, -0.1) is 0 Å². The molecular formula is C13H11N3. The normalized spacial score (nSPS) is 9.50. The predicted molar refractivity (Wildman–Crippen MR) is 63.4 cm³/mol. The summed E-state index contributed by atoms with van der Waals surface area (Å²) in [6.07, 6.45) is 3.49. The summed E-state index contributed by atoms with van der Waals surface area (Å²) in [5.41, 5.74) is 3.57. The second-order valence-electron chi connectivity index (χ2n) is 3.51. The second-order valence-corrected chi connectivity index (χ2v) is 3.51. The van der Waals surface area contributed by atoms with E-state index in [4.69, 9.17) is 5.26 Å². The van der Waals surface area contributed by atoms with Crippen LogP contribution in [0.3, 0.4) is 0 Å². The Balaban J connectivity index is 2.24. The van der Waals surface area contributed by atoms with Crippen LogP contribution >= 0.6 is 0 Å². The molecule has 3 heteroatoms. The van der Waals surface area contributed by atoms with Crippen molar-refractivity contribution < 1.29 is 0 Å². The van der Waals surface area contributed by atoms with Gasteiger partial charge in [0.15, 0.2) is 0 Å². The van der Waals surface area contributed by atoms with Crippen LogP contribution < -0.4 is 5.32 Å². The van der Waals surface area contributed by atoms with Crippen molar-refractivity contribution in [1.29, 1.82) is 5.26 Å². The van der Waals surface area contributed by atoms with Gasteiger partial charge in [0, 0.05) is 11.9 Å². The van der Waals surface area contributed by atoms with Crippen LogP contribution in [-0.4, -0.2) is 4.98 Å². The second kappa shape index (κ2) is 4.45. The molecule has 1 heterocycles. The van der Waals surface area contributed by atoms with E-state index in [0.717, 1.165) is 16.9 Å². The average molecular weight is 209 g/mol. The van der Waals surface area contributed by atoms with Gasteiger partial charge >= 0.3 is 0 Å². The summed E-state index contributed by atoms with van der Waals surface area (Å²) in [7, 11) is 0. The lowest BCUT2D eigenvalue weighted by atomic mass is 10.1. The number of hydrogen-bond donors (Lipinski definition) is 1. The zero-order valence-electron chi connectivity index (χ0n) is 8.94. The minimum absolute atomic E-state index is 0.705. The Morgan fingerprint density at radius 3 is 2.75 bits per heavy atom. The summed E-state index contributed by atoms with van der Waals surface area (Å²) in [6, 6.07) is 11.6. The van der Waals surface area contributed by atoms with E-state index in [1.807, 2.05) is 37.3 Å². The average Bonchev–Trinajstić information content (AvgIpc) is 2.31. The molecule has 0 amide bonds. The Hall–Kier alpha value is -2.34. The lowest BCUT2D eigenvalue weighted by Gasteiger charge is -2.07. The van der Waals surface area contributed by atoms with E-state index in [2.05, 4.69) is 16.4 Å². The molecule has 78 valence electrons. The Kier molecular flexibility index (Phi) is 2.84. The molecule has 16 heavy (non-hydrogen) atoms. The van der Waals surface area contributed by atoms with Crippen LogP contribution in [0.15, 0.2) is 42.7 Å². The van der Waals surface area contributed by atoms with E-state index < -0.39 is 0 Å². The number of pyridine rings is 1. The van der Waals surface area contributed by atoms with Gasteiger partial charge in [0.2, 0.25) is 0 Å². The first-order valence-corrected chi connectivity index (χ1v) is 4.97. The van der Waals surface area contributed by atoms with Crippen molar-refractivity contribution in [3.05, 3.63) is 53.9 Å². The highest BCUT2D eigenvalue weighted by Gasteiger charge is 1.99. The van der Waals surface area contributed by atoms with Crippen molar-refractivity contribution >= 4 is 11.4 Å². The van der Waals surface area contributed by atoms with Crippen LogP contribution in [0.2, 0.25) is 0 Å². The van der Waals surface area contributed by atoms with E-state index in [0.29, 0.717) is 5.56 Å². The van der Waals surface area contributed by atoms with Gasteiger partial charge in [-0.3, -0.25) is 4.98 Å². The Morgan fingerprint density at radius 2 is 2.12 bits per heavy atom. The molecule has 0 radical (unpaired) electrons. The summed E-state index contributed by atoms with van der Waals surface area (Å²) in [6.45, 7) is 1.92. The van der Waals surface area contributed by atoms with Crippen LogP contribution in [-0.2, 0) is 0 Å². The van der Waals surface area contributed by atoms with E-state index >= 15 is 0 Å². The lowest BCUT2D eigenvalue weighted by Crippen LogP contribution is -1.92. The van der Waals surface area contributed by atoms with Crippen molar-refractivity contribution in [3.8, 4) is 6.07 Å². The van der Waals surface area contributed by atoms with Crippen molar-refractivity contribution in [1.82, 2.24) is 4.98 Å². The molecule has 0 aliphatic heterocycles. The SMILES string of the molecule is Cc1cc(Nc2cccnc2)ccc1C#N. The molecule has 2 rings (SSSR count). The van der Waals surface area contributed by atoms with Crippen LogP contribution in [0, 0.1) is 18.3 Å². The third-order valence-electron chi connectivity index (χ3n) is 2.30. The molecule has 2 aromatic rings. The summed E-state index contributed by atoms with van der Waals surface area (Å²) in [5, 5.41) is 12.0. The van der Waals surface area contributed by atoms with Crippen molar-refractivity contribution in [2.75, 3.05) is 5.32 Å². The van der Waals surface area contributed by atoms with Crippen molar-refractivity contribution in [2.24, 2.45) is 0 Å². The molecule has 1 N–H and O–H groups in total. The van der Waals surface area contributed by atoms with Crippen LogP contribution in [0.1, 0.15) is 11.1 Å². The molecule has 3 nitrogen and oxygen atoms in total. The molecule has 0 unspecified atom stereocenters. The highest BCUT2D eigenvalue weighted by Crippen LogP contribution is 2.18. The molecule has 0 saturated carbocycles. The van der Waals surface area contributed by atoms with E-state index in [1.54, 1.807) is 12.4 Å². The molecule has 0 atom stereocenters. The molecule has 0 spiro atoms. The van der Waals surface area contributed by atoms with Gasteiger partial charge in [0.25, 0.3) is 0 Å². The molecule has 0 saturated heterocycles. The zero-order valence-corrected chi connectivity index (χ0v) is 8.94. The topological polar surface area (TPSA) is 48.7 Å². The Morgan fingerprint density at radius 1 is 1.25 bits per heavy atom. The first kappa shape index (κ1) is 10.2. The first-order chi connectivity index (χ1) is 7.79.